The Hall–Kier alpha value is -0.200. The lowest BCUT2D eigenvalue weighted by Gasteiger charge is -2.40. The fraction of sp³-hybridized carbons (Fsp3) is 1.00. The molecule has 0 aromatic rings. The number of rotatable bonds is 5. The van der Waals surface area contributed by atoms with Gasteiger partial charge in [0.1, 0.15) is 24.4 Å². The van der Waals surface area contributed by atoms with E-state index in [0.717, 1.165) is 0 Å². The van der Waals surface area contributed by atoms with Crippen LogP contribution < -0.4 is 0 Å². The van der Waals surface area contributed by atoms with Crippen molar-refractivity contribution >= 4 is 0 Å². The van der Waals surface area contributed by atoms with Gasteiger partial charge in [-0.25, -0.2) is 0 Å². The third-order valence-corrected chi connectivity index (χ3v) is 2.71. The summed E-state index contributed by atoms with van der Waals surface area (Å²) in [7, 11) is 6.57. The van der Waals surface area contributed by atoms with Gasteiger partial charge in [0.2, 0.25) is 0 Å². The quantitative estimate of drug-likeness (QED) is 0.656. The van der Waals surface area contributed by atoms with Gasteiger partial charge in [-0.1, -0.05) is 0 Å². The first-order valence-electron chi connectivity index (χ1n) is 4.97. The summed E-state index contributed by atoms with van der Waals surface area (Å²) in [5.41, 5.74) is 0. The van der Waals surface area contributed by atoms with E-state index >= 15 is 0 Å². The fourth-order valence-electron chi connectivity index (χ4n) is 1.91. The molecule has 0 aromatic carbocycles. The van der Waals surface area contributed by atoms with Crippen LogP contribution in [-0.2, 0) is 23.7 Å². The number of hydrogen-bond donors (Lipinski definition) is 0. The lowest BCUT2D eigenvalue weighted by atomic mass is 10.00. The Balaban J connectivity index is 2.65. The molecule has 0 amide bonds. The second-order valence-corrected chi connectivity index (χ2v) is 3.50. The lowest BCUT2D eigenvalue weighted by Crippen LogP contribution is -2.56. The van der Waals surface area contributed by atoms with E-state index in [0.29, 0.717) is 13.2 Å². The van der Waals surface area contributed by atoms with E-state index in [4.69, 9.17) is 23.7 Å². The Kier molecular flexibility index (Phi) is 5.49. The molecule has 5 heteroatoms. The highest BCUT2D eigenvalue weighted by Crippen LogP contribution is 2.22. The SMILES string of the molecule is COC[C@@H]1OC[C@H](OC)[C@@H](OC)[C@@H]1OC. The summed E-state index contributed by atoms with van der Waals surface area (Å²) in [5, 5.41) is 0. The number of hydrogen-bond acceptors (Lipinski definition) is 5. The maximum Gasteiger partial charge on any atom is 0.114 e. The van der Waals surface area contributed by atoms with E-state index < -0.39 is 0 Å². The van der Waals surface area contributed by atoms with Crippen molar-refractivity contribution in [1.82, 2.24) is 0 Å². The van der Waals surface area contributed by atoms with Crippen LogP contribution in [0.5, 0.6) is 0 Å². The molecule has 0 aromatic heterocycles. The van der Waals surface area contributed by atoms with Gasteiger partial charge in [0.25, 0.3) is 0 Å². The van der Waals surface area contributed by atoms with Gasteiger partial charge in [-0.05, 0) is 0 Å². The molecule has 1 aliphatic rings. The molecule has 5 nitrogen and oxygen atoms in total. The van der Waals surface area contributed by atoms with Crippen LogP contribution in [0.2, 0.25) is 0 Å². The molecule has 4 atom stereocenters. The molecule has 0 aliphatic carbocycles. The maximum atomic E-state index is 5.60. The minimum atomic E-state index is -0.159. The molecule has 0 N–H and O–H groups in total. The first-order valence-corrected chi connectivity index (χ1v) is 4.97. The predicted molar refractivity (Wildman–Crippen MR) is 54.0 cm³/mol. The van der Waals surface area contributed by atoms with Gasteiger partial charge in [-0.15, -0.1) is 0 Å². The lowest BCUT2D eigenvalue weighted by molar-refractivity contribution is -0.219. The van der Waals surface area contributed by atoms with E-state index in [1.165, 1.54) is 0 Å². The average molecular weight is 220 g/mol. The number of ether oxygens (including phenoxy) is 5. The molecule has 0 unspecified atom stereocenters. The van der Waals surface area contributed by atoms with Crippen molar-refractivity contribution in [2.24, 2.45) is 0 Å². The van der Waals surface area contributed by atoms with Crippen molar-refractivity contribution < 1.29 is 23.7 Å². The van der Waals surface area contributed by atoms with E-state index in [2.05, 4.69) is 0 Å². The van der Waals surface area contributed by atoms with Gasteiger partial charge in [0, 0.05) is 28.4 Å². The monoisotopic (exact) mass is 220 g/mol. The molecular formula is C10H20O5. The summed E-state index contributed by atoms with van der Waals surface area (Å²) in [6.07, 6.45) is -0.466. The molecule has 0 saturated carbocycles. The smallest absolute Gasteiger partial charge is 0.114 e. The van der Waals surface area contributed by atoms with Gasteiger partial charge >= 0.3 is 0 Å². The van der Waals surface area contributed by atoms with Crippen LogP contribution in [-0.4, -0.2) is 66.1 Å². The summed E-state index contributed by atoms with van der Waals surface area (Å²) >= 11 is 0. The van der Waals surface area contributed by atoms with Crippen LogP contribution in [0.4, 0.5) is 0 Å². The van der Waals surface area contributed by atoms with Gasteiger partial charge in [0.05, 0.1) is 13.2 Å². The average Bonchev–Trinajstić information content (AvgIpc) is 2.28. The highest BCUT2D eigenvalue weighted by molar-refractivity contribution is 4.89. The Bertz CT molecular complexity index is 175. The normalized spacial score (nSPS) is 36.8. The molecule has 1 aliphatic heterocycles. The Labute approximate surface area is 90.6 Å². The number of methoxy groups -OCH3 is 4. The summed E-state index contributed by atoms with van der Waals surface area (Å²) < 4.78 is 26.7. The summed E-state index contributed by atoms with van der Waals surface area (Å²) in [5.74, 6) is 0. The third kappa shape index (κ3) is 2.89. The topological polar surface area (TPSA) is 46.2 Å². The summed E-state index contributed by atoms with van der Waals surface area (Å²) in [4.78, 5) is 0. The van der Waals surface area contributed by atoms with Crippen molar-refractivity contribution in [2.45, 2.75) is 24.4 Å². The van der Waals surface area contributed by atoms with Crippen LogP contribution in [0.25, 0.3) is 0 Å². The minimum Gasteiger partial charge on any atom is -0.382 e. The molecule has 1 heterocycles. The molecule has 90 valence electrons. The largest absolute Gasteiger partial charge is 0.382 e. The zero-order valence-electron chi connectivity index (χ0n) is 9.76. The first kappa shape index (κ1) is 12.9. The first-order chi connectivity index (χ1) is 7.28. The highest BCUT2D eigenvalue weighted by atomic mass is 16.6. The summed E-state index contributed by atoms with van der Waals surface area (Å²) in [6, 6.07) is 0. The molecule has 1 fully saturated rings. The van der Waals surface area contributed by atoms with E-state index in [-0.39, 0.29) is 24.4 Å². The van der Waals surface area contributed by atoms with Crippen molar-refractivity contribution in [3.63, 3.8) is 0 Å². The second kappa shape index (κ2) is 6.40. The van der Waals surface area contributed by atoms with Crippen LogP contribution in [0.3, 0.4) is 0 Å². The molecule has 1 rings (SSSR count). The van der Waals surface area contributed by atoms with Crippen molar-refractivity contribution in [3.8, 4) is 0 Å². The predicted octanol–water partition coefficient (Wildman–Crippen LogP) is 0.0766. The molecule has 0 bridgehead atoms. The molecule has 0 radical (unpaired) electrons. The molecule has 1 saturated heterocycles. The Morgan fingerprint density at radius 1 is 1.00 bits per heavy atom. The summed E-state index contributed by atoms with van der Waals surface area (Å²) in [6.45, 7) is 0.998. The molecule has 15 heavy (non-hydrogen) atoms. The fourth-order valence-corrected chi connectivity index (χ4v) is 1.91. The maximum absolute atomic E-state index is 5.60. The van der Waals surface area contributed by atoms with E-state index in [9.17, 15) is 0 Å². The van der Waals surface area contributed by atoms with Gasteiger partial charge < -0.3 is 23.7 Å². The Morgan fingerprint density at radius 2 is 1.67 bits per heavy atom. The van der Waals surface area contributed by atoms with Crippen LogP contribution in [0.1, 0.15) is 0 Å². The van der Waals surface area contributed by atoms with Crippen molar-refractivity contribution in [1.29, 1.82) is 0 Å². The van der Waals surface area contributed by atoms with Crippen LogP contribution >= 0.6 is 0 Å². The zero-order chi connectivity index (χ0) is 11.3. The van der Waals surface area contributed by atoms with Crippen molar-refractivity contribution in [2.75, 3.05) is 41.7 Å². The van der Waals surface area contributed by atoms with E-state index in [1.54, 1.807) is 28.4 Å². The zero-order valence-corrected chi connectivity index (χ0v) is 9.76. The van der Waals surface area contributed by atoms with Crippen LogP contribution in [0, 0.1) is 0 Å². The molecule has 0 spiro atoms. The van der Waals surface area contributed by atoms with Gasteiger partial charge in [-0.2, -0.15) is 0 Å². The van der Waals surface area contributed by atoms with Crippen molar-refractivity contribution in [3.05, 3.63) is 0 Å². The van der Waals surface area contributed by atoms with Gasteiger partial charge in [-0.3, -0.25) is 0 Å². The standard InChI is InChI=1S/C10H20O5/c1-11-5-8-10(14-4)9(13-3)7(12-2)6-15-8/h7-10H,5-6H2,1-4H3/t7-,8-,9+,10+/m0/s1. The molecular weight excluding hydrogens is 200 g/mol. The third-order valence-electron chi connectivity index (χ3n) is 2.71. The Morgan fingerprint density at radius 3 is 2.13 bits per heavy atom. The van der Waals surface area contributed by atoms with Crippen LogP contribution in [0.15, 0.2) is 0 Å². The van der Waals surface area contributed by atoms with Gasteiger partial charge in [0.15, 0.2) is 0 Å². The minimum absolute atomic E-state index is 0.0898. The second-order valence-electron chi connectivity index (χ2n) is 3.50. The van der Waals surface area contributed by atoms with E-state index in [1.807, 2.05) is 0 Å². The highest BCUT2D eigenvalue weighted by Gasteiger charge is 2.41.